The molecule has 0 unspecified atom stereocenters. The summed E-state index contributed by atoms with van der Waals surface area (Å²) >= 11 is 18.6. The number of amidine groups is 3. The number of unbranched alkanes of at least 4 members (excludes halogenated alkanes) is 1. The molecule has 3 aliphatic rings. The summed E-state index contributed by atoms with van der Waals surface area (Å²) in [7, 11) is -19.5. The quantitative estimate of drug-likeness (QED) is 0.0157. The van der Waals surface area contributed by atoms with Crippen LogP contribution in [-0.2, 0) is 74.5 Å². The third-order valence-corrected chi connectivity index (χ3v) is 31.0. The Labute approximate surface area is 840 Å². The van der Waals surface area contributed by atoms with Crippen LogP contribution in [0.3, 0.4) is 0 Å². The van der Waals surface area contributed by atoms with E-state index in [0.717, 1.165) is 82.3 Å². The van der Waals surface area contributed by atoms with Gasteiger partial charge >= 0.3 is 0 Å². The normalized spacial score (nSPS) is 14.3. The molecule has 3 heterocycles. The molecule has 0 radical (unpaired) electrons. The molecule has 0 saturated heterocycles. The van der Waals surface area contributed by atoms with Crippen molar-refractivity contribution < 1.29 is 69.6 Å². The van der Waals surface area contributed by atoms with Crippen LogP contribution in [0.1, 0.15) is 78.1 Å². The fourth-order valence-electron chi connectivity index (χ4n) is 15.0. The van der Waals surface area contributed by atoms with Gasteiger partial charge in [0, 0.05) is 129 Å². The van der Waals surface area contributed by atoms with E-state index in [1.807, 2.05) is 145 Å². The van der Waals surface area contributed by atoms with Crippen molar-refractivity contribution in [1.82, 2.24) is 27.1 Å². The molecule has 0 aliphatic carbocycles. The Morgan fingerprint density at radius 2 is 0.702 bits per heavy atom. The minimum Gasteiger partial charge on any atom is -0.493 e. The SMILES string of the molecule is CCN(CCNS(C)(=O)=O)c1ccc(N=C(C(=O)Nc2cc(Cl)ccc2C)C2=Nc3ccccc3S(=O)(=O)N2C)c(C)c1.CCN(CCNS(C)(=O)=O)c1ccc(N=C(C(=O)Nc2cc(Cl)ccc2C)C2=Nc3ccccc3S(=O)(=O)N2C)c(C)c1.CCN(CCNS(C)(=O)=O)c1ccc(N=C(C(=O)Nc2cc(Cl)ccc2C)C2=Nc3ccccc3S(=O)(=O)N2CCCCOc2ccc(C)cc2C)c(C)c1. The number of benzene rings is 10. The van der Waals surface area contributed by atoms with Crippen LogP contribution in [-0.4, -0.2) is 221 Å². The number of anilines is 6. The maximum Gasteiger partial charge on any atom is 0.278 e. The van der Waals surface area contributed by atoms with Crippen LogP contribution in [0.4, 0.5) is 68.2 Å². The number of amides is 3. The van der Waals surface area contributed by atoms with Gasteiger partial charge in [0.15, 0.2) is 34.6 Å². The highest BCUT2D eigenvalue weighted by atomic mass is 35.5. The highest BCUT2D eigenvalue weighted by Gasteiger charge is 2.41. The number of carbonyl (C=O) groups excluding carboxylic acids is 3. The summed E-state index contributed by atoms with van der Waals surface area (Å²) in [5.74, 6) is -1.64. The molecule has 141 heavy (non-hydrogen) atoms. The summed E-state index contributed by atoms with van der Waals surface area (Å²) in [6.45, 7) is 25.0. The average Bonchev–Trinajstić information content (AvgIpc) is 0.742. The van der Waals surface area contributed by atoms with Crippen LogP contribution < -0.4 is 49.6 Å². The largest absolute Gasteiger partial charge is 0.493 e. The minimum atomic E-state index is -4.17. The molecule has 34 nitrogen and oxygen atoms in total. The summed E-state index contributed by atoms with van der Waals surface area (Å²) in [5.41, 5.74) is 11.6. The molecule has 3 aliphatic heterocycles. The van der Waals surface area contributed by atoms with E-state index in [9.17, 15) is 64.9 Å². The number of fused-ring (bicyclic) bond motifs is 3. The number of aliphatic imine (C=N–C) groups is 6. The van der Waals surface area contributed by atoms with Crippen molar-refractivity contribution in [1.29, 1.82) is 0 Å². The van der Waals surface area contributed by atoms with Gasteiger partial charge in [-0.25, -0.2) is 98.9 Å². The monoisotopic (exact) mass is 2090 g/mol. The van der Waals surface area contributed by atoms with Crippen LogP contribution in [0.25, 0.3) is 0 Å². The van der Waals surface area contributed by atoms with Crippen LogP contribution in [0, 0.1) is 55.4 Å². The number of aryl methyl sites for hydroxylation is 8. The molecule has 0 bridgehead atoms. The summed E-state index contributed by atoms with van der Waals surface area (Å²) in [4.78, 5) is 76.2. The number of ether oxygens (including phenoxy) is 1. The predicted octanol–water partition coefficient (Wildman–Crippen LogP) is 16.1. The fourth-order valence-corrected chi connectivity index (χ4v) is 21.0. The molecular weight excluding hydrogens is 1980 g/mol. The molecule has 3 amide bonds. The Hall–Kier alpha value is -12.3. The highest BCUT2D eigenvalue weighted by molar-refractivity contribution is 7.91. The number of rotatable bonds is 36. The van der Waals surface area contributed by atoms with Crippen LogP contribution >= 0.6 is 34.8 Å². The number of hydrogen-bond acceptors (Lipinski definition) is 25. The van der Waals surface area contributed by atoms with Gasteiger partial charge in [0.2, 0.25) is 30.1 Å². The number of para-hydroxylation sites is 3. The maximum atomic E-state index is 14.4. The molecule has 748 valence electrons. The van der Waals surface area contributed by atoms with Gasteiger partial charge in [-0.1, -0.05) is 107 Å². The number of halogens is 3. The maximum absolute atomic E-state index is 14.4. The van der Waals surface area contributed by atoms with Crippen LogP contribution in [0.5, 0.6) is 5.75 Å². The zero-order valence-electron chi connectivity index (χ0n) is 80.7. The van der Waals surface area contributed by atoms with Gasteiger partial charge < -0.3 is 35.4 Å². The number of likely N-dealkylation sites (N-methyl/N-ethyl adjacent to an activating group) is 3. The Morgan fingerprint density at radius 3 is 1.02 bits per heavy atom. The third-order valence-electron chi connectivity index (χ3n) is 22.6. The van der Waals surface area contributed by atoms with E-state index in [0.29, 0.717) is 125 Å². The van der Waals surface area contributed by atoms with Crippen molar-refractivity contribution in [2.45, 2.75) is 104 Å². The smallest absolute Gasteiger partial charge is 0.278 e. The molecule has 0 fully saturated rings. The second kappa shape index (κ2) is 47.1. The minimum absolute atomic E-state index is 0.0130. The van der Waals surface area contributed by atoms with Gasteiger partial charge in [0.05, 0.1) is 59.5 Å². The van der Waals surface area contributed by atoms with Crippen LogP contribution in [0.15, 0.2) is 245 Å². The van der Waals surface area contributed by atoms with Crippen molar-refractivity contribution in [3.05, 3.63) is 260 Å². The standard InChI is InChI=1S/C40H47ClN6O6S2.2C29H33ClN6O5S2/c1-7-46(22-20-42-54(6,49)50)32-17-18-33(29(4)25-32)43-38(40(48)45-35-26-31(41)16-15-28(35)3)39-44-34-12-8-9-13-37(34)55(51,52)47(39)21-10-11-23-53-36-19-14-27(2)24-30(36)5;2*1-6-36(16-15-31-42(5,38)39)22-13-14-23(20(3)17-22)32-27(29(37)34-25-18-21(30)12-11-19(25)2)28-33-24-9-7-8-10-26(24)43(40,41)35(28)4/h8-9,12-19,24-26,42H,7,10-11,20-23H2,1-6H3,(H,45,48);2*7-14,17-18,31H,6,15-16H2,1-5H3,(H,34,37). The topological polar surface area (TPSA) is 431 Å². The molecule has 6 N–H and O–H groups in total. The van der Waals surface area contributed by atoms with E-state index < -0.39 is 77.9 Å². The van der Waals surface area contributed by atoms with Gasteiger partial charge in [0.25, 0.3) is 47.8 Å². The first kappa shape index (κ1) is 109. The first-order valence-corrected chi connectivity index (χ1v) is 55.8. The second-order valence-corrected chi connectivity index (χ2v) is 45.8. The number of sulfonamides is 6. The molecule has 0 saturated carbocycles. The van der Waals surface area contributed by atoms with E-state index in [-0.39, 0.29) is 92.6 Å². The summed E-state index contributed by atoms with van der Waals surface area (Å²) in [6.07, 6.45) is 4.27. The summed E-state index contributed by atoms with van der Waals surface area (Å²) in [5, 5.41) is 9.77. The van der Waals surface area contributed by atoms with Gasteiger partial charge in [-0.15, -0.1) is 0 Å². The predicted molar refractivity (Wildman–Crippen MR) is 567 cm³/mol. The number of hydrogen-bond donors (Lipinski definition) is 6. The third kappa shape index (κ3) is 28.4. The van der Waals surface area contributed by atoms with E-state index in [4.69, 9.17) is 49.5 Å². The van der Waals surface area contributed by atoms with E-state index in [2.05, 4.69) is 50.1 Å². The Morgan fingerprint density at radius 1 is 0.383 bits per heavy atom. The van der Waals surface area contributed by atoms with E-state index >= 15 is 0 Å². The molecule has 43 heteroatoms. The number of nitrogens with one attached hydrogen (secondary N) is 6. The number of carbonyl (C=O) groups is 3. The highest BCUT2D eigenvalue weighted by Crippen LogP contribution is 2.39. The average molecular weight is 2100 g/mol. The summed E-state index contributed by atoms with van der Waals surface area (Å²) < 4.78 is 168. The van der Waals surface area contributed by atoms with Crippen LogP contribution in [0.2, 0.25) is 15.1 Å². The first-order valence-electron chi connectivity index (χ1n) is 44.6. The number of nitrogens with zero attached hydrogens (tertiary/aromatic N) is 12. The molecule has 10 aromatic carbocycles. The van der Waals surface area contributed by atoms with Crippen molar-refractivity contribution in [2.75, 3.05) is 136 Å². The van der Waals surface area contributed by atoms with Gasteiger partial charge in [-0.3, -0.25) is 23.0 Å². The molecule has 0 spiro atoms. The molecule has 13 rings (SSSR count). The molecule has 0 atom stereocenters. The Balaban J connectivity index is 0.000000204. The van der Waals surface area contributed by atoms with Gasteiger partial charge in [0.1, 0.15) is 20.4 Å². The van der Waals surface area contributed by atoms with Crippen molar-refractivity contribution in [3.63, 3.8) is 0 Å². The van der Waals surface area contributed by atoms with Crippen molar-refractivity contribution >= 4 is 216 Å². The van der Waals surface area contributed by atoms with E-state index in [1.54, 1.807) is 127 Å². The molecule has 10 aromatic rings. The molecule has 0 aromatic heterocycles. The van der Waals surface area contributed by atoms with Crippen molar-refractivity contribution in [3.8, 4) is 5.75 Å². The lowest BCUT2D eigenvalue weighted by Crippen LogP contribution is -2.47. The lowest BCUT2D eigenvalue weighted by atomic mass is 10.1. The lowest BCUT2D eigenvalue weighted by molar-refractivity contribution is -0.111. The Bertz CT molecular complexity index is 7130. The second-order valence-electron chi connectivity index (χ2n) is 33.3. The summed E-state index contributed by atoms with van der Waals surface area (Å²) in [6, 6.07) is 56.5. The first-order chi connectivity index (χ1) is 66.5. The van der Waals surface area contributed by atoms with Gasteiger partial charge in [-0.2, -0.15) is 0 Å². The molecular formula is C98H113Cl3N18O16S6. The van der Waals surface area contributed by atoms with E-state index in [1.165, 1.54) is 32.3 Å². The lowest BCUT2D eigenvalue weighted by Gasteiger charge is -2.30. The zero-order valence-corrected chi connectivity index (χ0v) is 87.9. The fraction of sp³-hybridized carbons (Fsp3) is 0.296. The van der Waals surface area contributed by atoms with Gasteiger partial charge in [-0.05, 0) is 261 Å². The Kier molecular flexibility index (Phi) is 36.4. The van der Waals surface area contributed by atoms with Crippen molar-refractivity contribution in [2.24, 2.45) is 30.0 Å². The zero-order chi connectivity index (χ0) is 103.